The van der Waals surface area contributed by atoms with Crippen LogP contribution >= 0.6 is 11.6 Å². The zero-order valence-corrected chi connectivity index (χ0v) is 15.2. The maximum absolute atomic E-state index is 12.4. The van der Waals surface area contributed by atoms with Gasteiger partial charge in [0, 0.05) is 22.6 Å². The van der Waals surface area contributed by atoms with E-state index in [9.17, 15) is 9.59 Å². The minimum atomic E-state index is -0.300. The Morgan fingerprint density at radius 2 is 1.46 bits per heavy atom. The van der Waals surface area contributed by atoms with Gasteiger partial charge < -0.3 is 5.32 Å². The summed E-state index contributed by atoms with van der Waals surface area (Å²) in [5.74, 6) is -0.525. The Hall–Kier alpha value is -3.05. The van der Waals surface area contributed by atoms with Crippen molar-refractivity contribution in [3.63, 3.8) is 0 Å². The number of nitrogens with one attached hydrogen (secondary N) is 2. The van der Waals surface area contributed by atoms with Gasteiger partial charge >= 0.3 is 0 Å². The first-order chi connectivity index (χ1) is 12.5. The molecule has 132 valence electrons. The van der Waals surface area contributed by atoms with E-state index in [-0.39, 0.29) is 11.8 Å². The van der Waals surface area contributed by atoms with Crippen LogP contribution in [0.15, 0.2) is 60.7 Å². The van der Waals surface area contributed by atoms with Crippen molar-refractivity contribution in [1.29, 1.82) is 0 Å². The lowest BCUT2D eigenvalue weighted by Gasteiger charge is -2.12. The molecule has 2 amide bonds. The Balaban J connectivity index is 1.69. The Morgan fingerprint density at radius 1 is 0.846 bits per heavy atom. The SMILES string of the molecule is Cc1ccc(C)n1NC(=O)c1ccc(NC(=O)c2ccccc2Cl)cc1. The number of nitrogens with zero attached hydrogens (tertiary/aromatic N) is 1. The maximum atomic E-state index is 12.4. The summed E-state index contributed by atoms with van der Waals surface area (Å²) in [7, 11) is 0. The summed E-state index contributed by atoms with van der Waals surface area (Å²) < 4.78 is 1.73. The highest BCUT2D eigenvalue weighted by molar-refractivity contribution is 6.34. The van der Waals surface area contributed by atoms with E-state index in [4.69, 9.17) is 11.6 Å². The van der Waals surface area contributed by atoms with E-state index in [1.165, 1.54) is 0 Å². The Labute approximate surface area is 156 Å². The summed E-state index contributed by atoms with van der Waals surface area (Å²) in [6.07, 6.45) is 0. The smallest absolute Gasteiger partial charge is 0.270 e. The van der Waals surface area contributed by atoms with Crippen molar-refractivity contribution in [2.75, 3.05) is 10.7 Å². The molecule has 6 heteroatoms. The average Bonchev–Trinajstić information content (AvgIpc) is 2.94. The molecule has 0 saturated heterocycles. The zero-order chi connectivity index (χ0) is 18.7. The van der Waals surface area contributed by atoms with E-state index in [0.717, 1.165) is 11.4 Å². The number of carbonyl (C=O) groups is 2. The molecule has 2 aromatic carbocycles. The van der Waals surface area contributed by atoms with Crippen LogP contribution < -0.4 is 10.7 Å². The molecule has 0 unspecified atom stereocenters. The van der Waals surface area contributed by atoms with Crippen LogP contribution in [-0.2, 0) is 0 Å². The number of anilines is 1. The minimum Gasteiger partial charge on any atom is -0.322 e. The van der Waals surface area contributed by atoms with Crippen LogP contribution in [0, 0.1) is 13.8 Å². The van der Waals surface area contributed by atoms with Crippen LogP contribution in [0.3, 0.4) is 0 Å². The third-order valence-corrected chi connectivity index (χ3v) is 4.34. The van der Waals surface area contributed by atoms with Gasteiger partial charge in [-0.2, -0.15) is 0 Å². The van der Waals surface area contributed by atoms with Gasteiger partial charge in [-0.1, -0.05) is 23.7 Å². The molecule has 0 aliphatic carbocycles. The summed E-state index contributed by atoms with van der Waals surface area (Å²) in [6.45, 7) is 3.83. The second-order valence-electron chi connectivity index (χ2n) is 5.90. The van der Waals surface area contributed by atoms with Crippen molar-refractivity contribution >= 4 is 29.1 Å². The van der Waals surface area contributed by atoms with Crippen molar-refractivity contribution in [1.82, 2.24) is 4.68 Å². The second-order valence-corrected chi connectivity index (χ2v) is 6.31. The molecule has 0 spiro atoms. The van der Waals surface area contributed by atoms with E-state index in [0.29, 0.717) is 21.8 Å². The van der Waals surface area contributed by atoms with Gasteiger partial charge in [0.2, 0.25) is 0 Å². The lowest BCUT2D eigenvalue weighted by atomic mass is 10.1. The third-order valence-electron chi connectivity index (χ3n) is 4.01. The summed E-state index contributed by atoms with van der Waals surface area (Å²) in [5, 5.41) is 3.16. The molecule has 3 rings (SSSR count). The Morgan fingerprint density at radius 3 is 2.08 bits per heavy atom. The van der Waals surface area contributed by atoms with Gasteiger partial charge in [-0.25, -0.2) is 0 Å². The summed E-state index contributed by atoms with van der Waals surface area (Å²) in [4.78, 5) is 24.6. The molecule has 3 aromatic rings. The van der Waals surface area contributed by atoms with Crippen LogP contribution in [0.25, 0.3) is 0 Å². The van der Waals surface area contributed by atoms with Crippen molar-refractivity contribution in [3.8, 4) is 0 Å². The van der Waals surface area contributed by atoms with Gasteiger partial charge in [0.05, 0.1) is 10.6 Å². The third kappa shape index (κ3) is 3.78. The molecule has 0 fully saturated rings. The first-order valence-electron chi connectivity index (χ1n) is 8.08. The molecule has 26 heavy (non-hydrogen) atoms. The zero-order valence-electron chi connectivity index (χ0n) is 14.4. The van der Waals surface area contributed by atoms with Crippen LogP contribution in [0.2, 0.25) is 5.02 Å². The number of aryl methyl sites for hydroxylation is 2. The van der Waals surface area contributed by atoms with Gasteiger partial charge in [-0.3, -0.25) is 19.7 Å². The normalized spacial score (nSPS) is 10.4. The van der Waals surface area contributed by atoms with Gasteiger partial charge in [-0.05, 0) is 62.4 Å². The molecular formula is C20H18ClN3O2. The number of aromatic nitrogens is 1. The van der Waals surface area contributed by atoms with E-state index < -0.39 is 0 Å². The molecule has 0 bridgehead atoms. The largest absolute Gasteiger partial charge is 0.322 e. The maximum Gasteiger partial charge on any atom is 0.270 e. The highest BCUT2D eigenvalue weighted by atomic mass is 35.5. The fourth-order valence-corrected chi connectivity index (χ4v) is 2.78. The lowest BCUT2D eigenvalue weighted by Crippen LogP contribution is -2.24. The van der Waals surface area contributed by atoms with Crippen molar-refractivity contribution in [2.24, 2.45) is 0 Å². The molecule has 0 aliphatic rings. The molecular weight excluding hydrogens is 350 g/mol. The van der Waals surface area contributed by atoms with Crippen molar-refractivity contribution < 1.29 is 9.59 Å². The first kappa shape index (κ1) is 17.8. The highest BCUT2D eigenvalue weighted by Gasteiger charge is 2.11. The van der Waals surface area contributed by atoms with Gasteiger partial charge in [0.15, 0.2) is 0 Å². The minimum absolute atomic E-state index is 0.226. The Bertz CT molecular complexity index is 942. The molecule has 0 aliphatic heterocycles. The number of halogens is 1. The van der Waals surface area contributed by atoms with E-state index in [2.05, 4.69) is 10.7 Å². The van der Waals surface area contributed by atoms with Crippen molar-refractivity contribution in [2.45, 2.75) is 13.8 Å². The number of hydrogen-bond acceptors (Lipinski definition) is 2. The molecule has 2 N–H and O–H groups in total. The predicted molar refractivity (Wildman–Crippen MR) is 103 cm³/mol. The van der Waals surface area contributed by atoms with Gasteiger partial charge in [-0.15, -0.1) is 0 Å². The number of hydrogen-bond donors (Lipinski definition) is 2. The van der Waals surface area contributed by atoms with Gasteiger partial charge in [0.1, 0.15) is 0 Å². The quantitative estimate of drug-likeness (QED) is 0.718. The fourth-order valence-electron chi connectivity index (χ4n) is 2.56. The molecule has 1 aromatic heterocycles. The van der Waals surface area contributed by atoms with Crippen molar-refractivity contribution in [3.05, 3.63) is 88.2 Å². The van der Waals surface area contributed by atoms with E-state index >= 15 is 0 Å². The summed E-state index contributed by atoms with van der Waals surface area (Å²) >= 11 is 6.03. The molecule has 1 heterocycles. The van der Waals surface area contributed by atoms with Crippen LogP contribution in [0.1, 0.15) is 32.1 Å². The molecule has 0 saturated carbocycles. The first-order valence-corrected chi connectivity index (χ1v) is 8.46. The number of amides is 2. The van der Waals surface area contributed by atoms with Crippen LogP contribution in [0.4, 0.5) is 5.69 Å². The predicted octanol–water partition coefficient (Wildman–Crippen LogP) is 4.39. The standard InChI is InChI=1S/C20H18ClN3O2/c1-13-7-8-14(2)24(13)23-19(25)15-9-11-16(12-10-15)22-20(26)17-5-3-4-6-18(17)21/h3-12H,1-2H3,(H,22,26)(H,23,25). The average molecular weight is 368 g/mol. The number of rotatable bonds is 4. The number of carbonyl (C=O) groups excluding carboxylic acids is 2. The molecule has 0 radical (unpaired) electrons. The van der Waals surface area contributed by atoms with Gasteiger partial charge in [0.25, 0.3) is 11.8 Å². The fraction of sp³-hybridized carbons (Fsp3) is 0.100. The van der Waals surface area contributed by atoms with E-state index in [1.54, 1.807) is 53.2 Å². The van der Waals surface area contributed by atoms with E-state index in [1.807, 2.05) is 26.0 Å². The van der Waals surface area contributed by atoms with Crippen LogP contribution in [-0.4, -0.2) is 16.5 Å². The number of benzene rings is 2. The van der Waals surface area contributed by atoms with Crippen LogP contribution in [0.5, 0.6) is 0 Å². The summed E-state index contributed by atoms with van der Waals surface area (Å²) in [5.41, 5.74) is 6.20. The Kier molecular flexibility index (Phi) is 5.09. The summed E-state index contributed by atoms with van der Waals surface area (Å²) in [6, 6.07) is 17.4. The molecule has 5 nitrogen and oxygen atoms in total. The topological polar surface area (TPSA) is 63.1 Å². The lowest BCUT2D eigenvalue weighted by molar-refractivity contribution is 0.100. The monoisotopic (exact) mass is 367 g/mol. The second kappa shape index (κ2) is 7.45. The highest BCUT2D eigenvalue weighted by Crippen LogP contribution is 2.18. The molecule has 0 atom stereocenters.